The zero-order chi connectivity index (χ0) is 12.3. The molecule has 2 fully saturated rings. The molecule has 0 radical (unpaired) electrons. The standard InChI is InChI=1S/C11H22N2O3S/c1-9(6-12-11-2-3-11)17(14,15)13-7-10-4-5-16-8-10/h9-13H,2-8H2,1H3. The summed E-state index contributed by atoms with van der Waals surface area (Å²) >= 11 is 0. The lowest BCUT2D eigenvalue weighted by Crippen LogP contribution is -2.41. The molecule has 1 saturated heterocycles. The number of rotatable bonds is 7. The van der Waals surface area contributed by atoms with Gasteiger partial charge in [-0.1, -0.05) is 0 Å². The van der Waals surface area contributed by atoms with Gasteiger partial charge in [0.2, 0.25) is 10.0 Å². The lowest BCUT2D eigenvalue weighted by molar-refractivity contribution is 0.186. The van der Waals surface area contributed by atoms with Crippen molar-refractivity contribution in [3.8, 4) is 0 Å². The highest BCUT2D eigenvalue weighted by molar-refractivity contribution is 7.90. The normalized spacial score (nSPS) is 27.2. The van der Waals surface area contributed by atoms with Crippen molar-refractivity contribution in [1.82, 2.24) is 10.0 Å². The van der Waals surface area contributed by atoms with Crippen molar-refractivity contribution in [2.24, 2.45) is 5.92 Å². The van der Waals surface area contributed by atoms with Gasteiger partial charge < -0.3 is 10.1 Å². The van der Waals surface area contributed by atoms with Gasteiger partial charge in [0.15, 0.2) is 0 Å². The predicted octanol–water partition coefficient (Wildman–Crippen LogP) is 0.0828. The summed E-state index contributed by atoms with van der Waals surface area (Å²) in [6.45, 7) is 4.24. The molecule has 6 heteroatoms. The van der Waals surface area contributed by atoms with E-state index in [1.54, 1.807) is 6.92 Å². The molecule has 2 N–H and O–H groups in total. The number of nitrogens with one attached hydrogen (secondary N) is 2. The highest BCUT2D eigenvalue weighted by atomic mass is 32.2. The molecule has 17 heavy (non-hydrogen) atoms. The summed E-state index contributed by atoms with van der Waals surface area (Å²) in [4.78, 5) is 0. The second kappa shape index (κ2) is 5.65. The average molecular weight is 262 g/mol. The van der Waals surface area contributed by atoms with Crippen molar-refractivity contribution >= 4 is 10.0 Å². The van der Waals surface area contributed by atoms with Crippen LogP contribution in [0.5, 0.6) is 0 Å². The molecule has 0 bridgehead atoms. The fourth-order valence-electron chi connectivity index (χ4n) is 1.85. The van der Waals surface area contributed by atoms with Crippen molar-refractivity contribution < 1.29 is 13.2 Å². The minimum Gasteiger partial charge on any atom is -0.381 e. The van der Waals surface area contributed by atoms with Gasteiger partial charge in [0.25, 0.3) is 0 Å². The van der Waals surface area contributed by atoms with Crippen LogP contribution in [0.4, 0.5) is 0 Å². The molecule has 2 rings (SSSR count). The smallest absolute Gasteiger partial charge is 0.215 e. The maximum absolute atomic E-state index is 11.9. The first-order valence-electron chi connectivity index (χ1n) is 6.37. The second-order valence-corrected chi connectivity index (χ2v) is 7.30. The largest absolute Gasteiger partial charge is 0.381 e. The number of hydrogen-bond acceptors (Lipinski definition) is 4. The summed E-state index contributed by atoms with van der Waals surface area (Å²) in [6, 6.07) is 0.552. The molecule has 1 aliphatic heterocycles. The zero-order valence-corrected chi connectivity index (χ0v) is 11.1. The molecular formula is C11H22N2O3S. The Hall–Kier alpha value is -0.170. The number of hydrogen-bond donors (Lipinski definition) is 2. The Kier molecular flexibility index (Phi) is 4.41. The summed E-state index contributed by atoms with van der Waals surface area (Å²) in [5, 5.41) is 2.88. The van der Waals surface area contributed by atoms with Crippen LogP contribution in [0.1, 0.15) is 26.2 Å². The van der Waals surface area contributed by atoms with Crippen molar-refractivity contribution in [1.29, 1.82) is 0 Å². The highest BCUT2D eigenvalue weighted by Crippen LogP contribution is 2.18. The molecule has 1 heterocycles. The van der Waals surface area contributed by atoms with Crippen molar-refractivity contribution in [3.63, 3.8) is 0 Å². The first-order valence-corrected chi connectivity index (χ1v) is 7.92. The summed E-state index contributed by atoms with van der Waals surface area (Å²) in [5.41, 5.74) is 0. The van der Waals surface area contributed by atoms with Crippen molar-refractivity contribution in [3.05, 3.63) is 0 Å². The SMILES string of the molecule is CC(CNC1CC1)S(=O)(=O)NCC1CCOC1. The van der Waals surface area contributed by atoms with E-state index < -0.39 is 10.0 Å². The Labute approximate surface area is 103 Å². The molecule has 0 aromatic carbocycles. The van der Waals surface area contributed by atoms with E-state index in [0.29, 0.717) is 31.7 Å². The Balaban J connectivity index is 1.71. The number of ether oxygens (including phenoxy) is 1. The molecule has 1 saturated carbocycles. The van der Waals surface area contributed by atoms with Gasteiger partial charge in [0.1, 0.15) is 0 Å². The van der Waals surface area contributed by atoms with Gasteiger partial charge in [-0.2, -0.15) is 0 Å². The molecule has 0 aromatic heterocycles. The van der Waals surface area contributed by atoms with Crippen LogP contribution in [0, 0.1) is 5.92 Å². The molecule has 0 spiro atoms. The van der Waals surface area contributed by atoms with Crippen LogP contribution in [0.2, 0.25) is 0 Å². The summed E-state index contributed by atoms with van der Waals surface area (Å²) < 4.78 is 31.8. The Morgan fingerprint density at radius 3 is 2.71 bits per heavy atom. The van der Waals surface area contributed by atoms with E-state index in [-0.39, 0.29) is 5.25 Å². The van der Waals surface area contributed by atoms with Crippen molar-refractivity contribution in [2.75, 3.05) is 26.3 Å². The lowest BCUT2D eigenvalue weighted by Gasteiger charge is -2.16. The van der Waals surface area contributed by atoms with E-state index in [1.165, 1.54) is 12.8 Å². The summed E-state index contributed by atoms with van der Waals surface area (Å²) in [7, 11) is -3.18. The van der Waals surface area contributed by atoms with Crippen LogP contribution >= 0.6 is 0 Å². The van der Waals surface area contributed by atoms with Crippen molar-refractivity contribution in [2.45, 2.75) is 37.5 Å². The lowest BCUT2D eigenvalue weighted by atomic mass is 10.1. The molecule has 0 aromatic rings. The predicted molar refractivity (Wildman–Crippen MR) is 66.3 cm³/mol. The molecule has 2 atom stereocenters. The minimum absolute atomic E-state index is 0.341. The van der Waals surface area contributed by atoms with E-state index in [9.17, 15) is 8.42 Å². The van der Waals surface area contributed by atoms with Gasteiger partial charge in [0, 0.05) is 25.7 Å². The molecule has 5 nitrogen and oxygen atoms in total. The van der Waals surface area contributed by atoms with Gasteiger partial charge in [-0.3, -0.25) is 0 Å². The first kappa shape index (κ1) is 13.3. The highest BCUT2D eigenvalue weighted by Gasteiger charge is 2.26. The van der Waals surface area contributed by atoms with Crippen LogP contribution in [0.25, 0.3) is 0 Å². The quantitative estimate of drug-likeness (QED) is 0.682. The molecule has 0 amide bonds. The first-order chi connectivity index (χ1) is 8.08. The molecule has 1 aliphatic carbocycles. The maximum Gasteiger partial charge on any atom is 0.215 e. The van der Waals surface area contributed by atoms with Gasteiger partial charge in [-0.15, -0.1) is 0 Å². The molecule has 2 unspecified atom stereocenters. The minimum atomic E-state index is -3.18. The topological polar surface area (TPSA) is 67.4 Å². The third kappa shape index (κ3) is 4.21. The van der Waals surface area contributed by atoms with Crippen LogP contribution in [0.3, 0.4) is 0 Å². The van der Waals surface area contributed by atoms with Crippen LogP contribution in [-0.2, 0) is 14.8 Å². The number of sulfonamides is 1. The van der Waals surface area contributed by atoms with E-state index in [0.717, 1.165) is 13.0 Å². The van der Waals surface area contributed by atoms with E-state index in [4.69, 9.17) is 4.74 Å². The monoisotopic (exact) mass is 262 g/mol. The van der Waals surface area contributed by atoms with E-state index in [1.807, 2.05) is 0 Å². The Bertz CT molecular complexity index is 335. The van der Waals surface area contributed by atoms with Crippen LogP contribution in [-0.4, -0.2) is 46.0 Å². The molecule has 100 valence electrons. The third-order valence-corrected chi connectivity index (χ3v) is 5.19. The van der Waals surface area contributed by atoms with E-state index in [2.05, 4.69) is 10.0 Å². The Morgan fingerprint density at radius 1 is 1.35 bits per heavy atom. The third-order valence-electron chi connectivity index (χ3n) is 3.40. The van der Waals surface area contributed by atoms with Gasteiger partial charge >= 0.3 is 0 Å². The maximum atomic E-state index is 11.9. The van der Waals surface area contributed by atoms with Crippen LogP contribution in [0.15, 0.2) is 0 Å². The summed E-state index contributed by atoms with van der Waals surface area (Å²) in [5.74, 6) is 0.341. The van der Waals surface area contributed by atoms with Gasteiger partial charge in [0.05, 0.1) is 11.9 Å². The van der Waals surface area contributed by atoms with Gasteiger partial charge in [-0.05, 0) is 32.1 Å². The molecular weight excluding hydrogens is 240 g/mol. The summed E-state index contributed by atoms with van der Waals surface area (Å²) in [6.07, 6.45) is 3.32. The zero-order valence-electron chi connectivity index (χ0n) is 10.3. The second-order valence-electron chi connectivity index (χ2n) is 5.12. The average Bonchev–Trinajstić information content (AvgIpc) is 2.97. The van der Waals surface area contributed by atoms with Crippen LogP contribution < -0.4 is 10.0 Å². The fraction of sp³-hybridized carbons (Fsp3) is 1.00. The van der Waals surface area contributed by atoms with E-state index >= 15 is 0 Å². The van der Waals surface area contributed by atoms with Gasteiger partial charge in [-0.25, -0.2) is 13.1 Å². The Morgan fingerprint density at radius 2 is 2.12 bits per heavy atom. The molecule has 2 aliphatic rings. The fourth-order valence-corrected chi connectivity index (χ4v) is 2.92.